The molecule has 3 aromatic rings. The van der Waals surface area contributed by atoms with Gasteiger partial charge in [-0.25, -0.2) is 13.8 Å². The van der Waals surface area contributed by atoms with Gasteiger partial charge in [-0.2, -0.15) is 13.2 Å². The lowest BCUT2D eigenvalue weighted by Gasteiger charge is -2.30. The molecule has 0 bridgehead atoms. The molecule has 0 aliphatic heterocycles. The van der Waals surface area contributed by atoms with Gasteiger partial charge in [-0.05, 0) is 56.0 Å². The summed E-state index contributed by atoms with van der Waals surface area (Å²) in [5.41, 5.74) is -0.284. The maximum absolute atomic E-state index is 13.4. The van der Waals surface area contributed by atoms with Crippen LogP contribution < -0.4 is 10.6 Å². The number of benzene rings is 2. The van der Waals surface area contributed by atoms with Gasteiger partial charge in [-0.3, -0.25) is 4.79 Å². The predicted molar refractivity (Wildman–Crippen MR) is 110 cm³/mol. The molecule has 2 N–H and O–H groups in total. The van der Waals surface area contributed by atoms with Crippen LogP contribution in [0.15, 0.2) is 48.5 Å². The molecule has 4 rings (SSSR count). The number of nitrogens with zero attached hydrogens (tertiary/aromatic N) is 1. The number of pyridine rings is 1. The van der Waals surface area contributed by atoms with Crippen LogP contribution in [0, 0.1) is 11.6 Å². The molecule has 4 nitrogen and oxygen atoms in total. The second kappa shape index (κ2) is 8.72. The Morgan fingerprint density at radius 3 is 2.28 bits per heavy atom. The van der Waals surface area contributed by atoms with E-state index in [4.69, 9.17) is 0 Å². The van der Waals surface area contributed by atoms with E-state index in [0.29, 0.717) is 36.8 Å². The quantitative estimate of drug-likeness (QED) is 0.504. The number of rotatable bonds is 4. The third kappa shape index (κ3) is 4.81. The molecule has 0 unspecified atom stereocenters. The minimum Gasteiger partial charge on any atom is -0.382 e. The SMILES string of the molecule is O=C(NC1CCC(Nc2cc(C(F)(F)F)nc3ccccc23)CC1)c1ccc(F)c(F)c1. The van der Waals surface area contributed by atoms with Crippen LogP contribution in [0.5, 0.6) is 0 Å². The molecule has 1 amide bonds. The number of hydrogen-bond acceptors (Lipinski definition) is 3. The summed E-state index contributed by atoms with van der Waals surface area (Å²) in [5.74, 6) is -2.60. The van der Waals surface area contributed by atoms with Gasteiger partial charge in [0.25, 0.3) is 5.91 Å². The van der Waals surface area contributed by atoms with Gasteiger partial charge >= 0.3 is 6.18 Å². The van der Waals surface area contributed by atoms with Crippen molar-refractivity contribution in [3.8, 4) is 0 Å². The number of para-hydroxylation sites is 1. The molecule has 1 aliphatic rings. The molecule has 0 saturated heterocycles. The topological polar surface area (TPSA) is 54.0 Å². The summed E-state index contributed by atoms with van der Waals surface area (Å²) in [5, 5.41) is 6.63. The van der Waals surface area contributed by atoms with E-state index >= 15 is 0 Å². The number of carbonyl (C=O) groups is 1. The number of fused-ring (bicyclic) bond motifs is 1. The Morgan fingerprint density at radius 2 is 1.59 bits per heavy atom. The molecular weight excluding hydrogens is 429 g/mol. The Balaban J connectivity index is 1.41. The van der Waals surface area contributed by atoms with Crippen molar-refractivity contribution < 1.29 is 26.7 Å². The van der Waals surface area contributed by atoms with Gasteiger partial charge in [0.05, 0.1) is 5.52 Å². The van der Waals surface area contributed by atoms with Crippen LogP contribution in [-0.4, -0.2) is 23.0 Å². The van der Waals surface area contributed by atoms with Crippen LogP contribution >= 0.6 is 0 Å². The zero-order chi connectivity index (χ0) is 22.9. The number of carbonyl (C=O) groups excluding carboxylic acids is 1. The number of hydrogen-bond donors (Lipinski definition) is 2. The highest BCUT2D eigenvalue weighted by Crippen LogP contribution is 2.34. The fraction of sp³-hybridized carbons (Fsp3) is 0.304. The van der Waals surface area contributed by atoms with E-state index < -0.39 is 29.4 Å². The van der Waals surface area contributed by atoms with E-state index in [-0.39, 0.29) is 23.2 Å². The van der Waals surface area contributed by atoms with E-state index in [2.05, 4.69) is 15.6 Å². The molecule has 1 saturated carbocycles. The van der Waals surface area contributed by atoms with Gasteiger partial charge in [0.2, 0.25) is 0 Å². The lowest BCUT2D eigenvalue weighted by atomic mass is 9.90. The van der Waals surface area contributed by atoms with Crippen molar-refractivity contribution in [2.24, 2.45) is 0 Å². The summed E-state index contributed by atoms with van der Waals surface area (Å²) < 4.78 is 66.2. The fourth-order valence-electron chi connectivity index (χ4n) is 3.95. The van der Waals surface area contributed by atoms with E-state index in [1.165, 1.54) is 6.07 Å². The first-order valence-electron chi connectivity index (χ1n) is 10.2. The number of anilines is 1. The van der Waals surface area contributed by atoms with Crippen LogP contribution in [0.2, 0.25) is 0 Å². The number of alkyl halides is 3. The maximum Gasteiger partial charge on any atom is 0.433 e. The first kappa shape index (κ1) is 22.0. The molecule has 0 radical (unpaired) electrons. The zero-order valence-electron chi connectivity index (χ0n) is 16.8. The van der Waals surface area contributed by atoms with Crippen molar-refractivity contribution in [1.29, 1.82) is 0 Å². The molecule has 32 heavy (non-hydrogen) atoms. The number of halogens is 5. The van der Waals surface area contributed by atoms with Crippen molar-refractivity contribution in [2.45, 2.75) is 43.9 Å². The summed E-state index contributed by atoms with van der Waals surface area (Å²) in [6, 6.07) is 10.4. The molecule has 1 heterocycles. The third-order valence-corrected chi connectivity index (χ3v) is 5.61. The summed E-state index contributed by atoms with van der Waals surface area (Å²) >= 11 is 0. The van der Waals surface area contributed by atoms with Gasteiger partial charge < -0.3 is 10.6 Å². The maximum atomic E-state index is 13.4. The average Bonchev–Trinajstić information content (AvgIpc) is 2.76. The monoisotopic (exact) mass is 449 g/mol. The Labute approximate surface area is 180 Å². The summed E-state index contributed by atoms with van der Waals surface area (Å²) in [6.07, 6.45) is -2.10. The highest BCUT2D eigenvalue weighted by molar-refractivity contribution is 5.94. The van der Waals surface area contributed by atoms with Gasteiger partial charge in [0.15, 0.2) is 11.6 Å². The minimum absolute atomic E-state index is 0.0343. The van der Waals surface area contributed by atoms with Crippen LogP contribution in [0.3, 0.4) is 0 Å². The standard InChI is InChI=1S/C23H20F5N3O/c24-17-10-5-13(11-18(17)25)22(32)30-15-8-6-14(7-9-15)29-20-12-21(23(26,27)28)31-19-4-2-1-3-16(19)20/h1-5,10-12,14-15H,6-9H2,(H,29,31)(H,30,32). The molecule has 168 valence electrons. The number of aromatic nitrogens is 1. The Kier molecular flexibility index (Phi) is 5.99. The Morgan fingerprint density at radius 1 is 0.906 bits per heavy atom. The Hall–Kier alpha value is -3.23. The largest absolute Gasteiger partial charge is 0.433 e. The van der Waals surface area contributed by atoms with Crippen LogP contribution in [0.1, 0.15) is 41.7 Å². The molecule has 0 atom stereocenters. The lowest BCUT2D eigenvalue weighted by molar-refractivity contribution is -0.140. The van der Waals surface area contributed by atoms with Gasteiger partial charge in [0.1, 0.15) is 5.69 Å². The average molecular weight is 449 g/mol. The molecule has 9 heteroatoms. The zero-order valence-corrected chi connectivity index (χ0v) is 16.8. The van der Waals surface area contributed by atoms with E-state index in [9.17, 15) is 26.7 Å². The van der Waals surface area contributed by atoms with Crippen molar-refractivity contribution in [2.75, 3.05) is 5.32 Å². The van der Waals surface area contributed by atoms with Gasteiger partial charge in [-0.15, -0.1) is 0 Å². The normalized spacial score (nSPS) is 19.0. The highest BCUT2D eigenvalue weighted by atomic mass is 19.4. The van der Waals surface area contributed by atoms with Crippen LogP contribution in [-0.2, 0) is 6.18 Å². The summed E-state index contributed by atoms with van der Waals surface area (Å²) in [4.78, 5) is 16.0. The number of nitrogens with one attached hydrogen (secondary N) is 2. The predicted octanol–water partition coefficient (Wildman–Crippen LogP) is 5.68. The summed E-state index contributed by atoms with van der Waals surface area (Å²) in [7, 11) is 0. The molecule has 0 spiro atoms. The van der Waals surface area contributed by atoms with Crippen LogP contribution in [0.4, 0.5) is 27.6 Å². The first-order valence-corrected chi connectivity index (χ1v) is 10.2. The smallest absolute Gasteiger partial charge is 0.382 e. The second-order valence-electron chi connectivity index (χ2n) is 7.87. The first-order chi connectivity index (χ1) is 15.2. The summed E-state index contributed by atoms with van der Waals surface area (Å²) in [6.45, 7) is 0. The van der Waals surface area contributed by atoms with E-state index in [1.54, 1.807) is 24.3 Å². The molecule has 1 aliphatic carbocycles. The molecule has 2 aromatic carbocycles. The fourth-order valence-corrected chi connectivity index (χ4v) is 3.95. The molecule has 1 aromatic heterocycles. The van der Waals surface area contributed by atoms with Crippen molar-refractivity contribution in [3.63, 3.8) is 0 Å². The minimum atomic E-state index is -4.55. The lowest BCUT2D eigenvalue weighted by Crippen LogP contribution is -2.40. The van der Waals surface area contributed by atoms with Crippen LogP contribution in [0.25, 0.3) is 10.9 Å². The molecule has 1 fully saturated rings. The van der Waals surface area contributed by atoms with E-state index in [1.807, 2.05) is 0 Å². The van der Waals surface area contributed by atoms with Crippen molar-refractivity contribution in [3.05, 3.63) is 71.4 Å². The van der Waals surface area contributed by atoms with E-state index in [0.717, 1.165) is 18.2 Å². The van der Waals surface area contributed by atoms with Crippen molar-refractivity contribution >= 4 is 22.5 Å². The van der Waals surface area contributed by atoms with Crippen molar-refractivity contribution in [1.82, 2.24) is 10.3 Å². The van der Waals surface area contributed by atoms with Gasteiger partial charge in [0, 0.05) is 28.7 Å². The molecular formula is C23H20F5N3O. The van der Waals surface area contributed by atoms with Gasteiger partial charge in [-0.1, -0.05) is 18.2 Å². The Bertz CT molecular complexity index is 1140. The second-order valence-corrected chi connectivity index (χ2v) is 7.87. The third-order valence-electron chi connectivity index (χ3n) is 5.61. The highest BCUT2D eigenvalue weighted by Gasteiger charge is 2.34. The number of amides is 1.